The van der Waals surface area contributed by atoms with Crippen LogP contribution in [0, 0.1) is 0 Å². The van der Waals surface area contributed by atoms with Crippen LogP contribution in [0.3, 0.4) is 0 Å². The van der Waals surface area contributed by atoms with Crippen molar-refractivity contribution in [2.45, 2.75) is 18.1 Å². The number of hydrogen-bond acceptors (Lipinski definition) is 8. The van der Waals surface area contributed by atoms with Crippen molar-refractivity contribution in [2.24, 2.45) is 0 Å². The van der Waals surface area contributed by atoms with Gasteiger partial charge in [-0.1, -0.05) is 32.6 Å². The van der Waals surface area contributed by atoms with Crippen LogP contribution in [-0.2, 0) is 17.7 Å². The number of piperazine rings is 1. The smallest absolute Gasteiger partial charge is 0.344 e. The van der Waals surface area contributed by atoms with Gasteiger partial charge in [-0.15, -0.1) is 0 Å². The molecule has 2 unspecified atom stereocenters. The molecule has 9 nitrogen and oxygen atoms in total. The Morgan fingerprint density at radius 1 is 1.08 bits per heavy atom. The maximum Gasteiger partial charge on any atom is 0.344 e. The molecule has 2 atom stereocenters. The highest BCUT2D eigenvalue weighted by molar-refractivity contribution is 7.90. The van der Waals surface area contributed by atoms with Gasteiger partial charge in [-0.3, -0.25) is 14.0 Å². The molecule has 0 amide bonds. The molecule has 1 fully saturated rings. The second-order valence-electron chi connectivity index (χ2n) is 8.42. The molecular weight excluding hydrogens is 544 g/mol. The Hall–Kier alpha value is -1.65. The number of methoxy groups -OCH3 is 2. The van der Waals surface area contributed by atoms with E-state index in [1.807, 2.05) is 0 Å². The van der Waals surface area contributed by atoms with E-state index in [0.29, 0.717) is 34.6 Å². The fourth-order valence-electron chi connectivity index (χ4n) is 4.23. The summed E-state index contributed by atoms with van der Waals surface area (Å²) < 4.78 is 26.7. The van der Waals surface area contributed by atoms with Crippen molar-refractivity contribution in [2.75, 3.05) is 53.2 Å². The van der Waals surface area contributed by atoms with Crippen LogP contribution in [0.5, 0.6) is 11.5 Å². The Morgan fingerprint density at radius 2 is 1.72 bits per heavy atom. The maximum atomic E-state index is 13.9. The van der Waals surface area contributed by atoms with Crippen LogP contribution < -0.4 is 15.0 Å². The molecule has 1 saturated heterocycles. The van der Waals surface area contributed by atoms with Crippen molar-refractivity contribution in [1.82, 2.24) is 24.1 Å². The first-order valence-electron chi connectivity index (χ1n) is 11.3. The van der Waals surface area contributed by atoms with Crippen molar-refractivity contribution in [1.29, 1.82) is 0 Å². The van der Waals surface area contributed by atoms with Gasteiger partial charge in [0, 0.05) is 67.1 Å². The number of aromatic nitrogens is 3. The van der Waals surface area contributed by atoms with E-state index in [-0.39, 0.29) is 26.3 Å². The number of nitrogens with zero attached hydrogens (tertiary/aromatic N) is 5. The average Bonchev–Trinajstić information content (AvgIpc) is 2.87. The fraction of sp³-hybridized carbons (Fsp3) is 0.435. The van der Waals surface area contributed by atoms with Gasteiger partial charge >= 0.3 is 5.16 Å². The number of rotatable bonds is 8. The third-order valence-electron chi connectivity index (χ3n) is 6.17. The van der Waals surface area contributed by atoms with Gasteiger partial charge in [0.25, 0.3) is 5.56 Å². The molecule has 3 aromatic rings. The monoisotopic (exact) mass is 571 g/mol. The highest BCUT2D eigenvalue weighted by atomic mass is 35.5. The number of halogens is 2. The maximum absolute atomic E-state index is 13.9. The lowest BCUT2D eigenvalue weighted by atomic mass is 10.0. The lowest BCUT2D eigenvalue weighted by Crippen LogP contribution is -2.42. The van der Waals surface area contributed by atoms with Gasteiger partial charge in [0.05, 0.1) is 29.8 Å². The first kappa shape index (κ1) is 27.4. The summed E-state index contributed by atoms with van der Waals surface area (Å²) in [5.74, 6) is 0.667. The average molecular weight is 572 g/mol. The molecule has 1 aromatic carbocycles. The molecule has 194 valence electrons. The minimum Gasteiger partial charge on any atom is -0.609 e. The summed E-state index contributed by atoms with van der Waals surface area (Å²) in [5, 5.41) is 1.17. The Morgan fingerprint density at radius 3 is 2.31 bits per heavy atom. The lowest BCUT2D eigenvalue weighted by Gasteiger charge is -2.32. The third-order valence-corrected chi connectivity index (χ3v) is 8.15. The van der Waals surface area contributed by atoms with Gasteiger partial charge in [0.2, 0.25) is 0 Å². The van der Waals surface area contributed by atoms with E-state index >= 15 is 0 Å². The number of pyridine rings is 1. The van der Waals surface area contributed by atoms with E-state index < -0.39 is 11.2 Å². The van der Waals surface area contributed by atoms with Crippen LogP contribution in [0.25, 0.3) is 22.2 Å². The number of aryl methyl sites for hydroxylation is 1. The summed E-state index contributed by atoms with van der Waals surface area (Å²) in [5.41, 5.74) is 0.693. The van der Waals surface area contributed by atoms with E-state index in [0.717, 1.165) is 39.1 Å². The molecule has 13 heteroatoms. The molecule has 1 aliphatic rings. The van der Waals surface area contributed by atoms with Crippen LogP contribution in [0.2, 0.25) is 10.0 Å². The predicted molar refractivity (Wildman–Crippen MR) is 147 cm³/mol. The van der Waals surface area contributed by atoms with Crippen molar-refractivity contribution in [3.05, 3.63) is 38.7 Å². The van der Waals surface area contributed by atoms with Crippen LogP contribution in [0.1, 0.15) is 6.42 Å². The molecule has 0 aliphatic carbocycles. The van der Waals surface area contributed by atoms with Crippen molar-refractivity contribution < 1.29 is 14.0 Å². The SMILES string of the molecule is COc1cc(OC)c(Cl)c(-c2cc3cnc([S+](C)[O-])nc3n(CCCN3CCN(P)CC3)c2=O)c1Cl. The Balaban J connectivity index is 1.82. The zero-order valence-electron chi connectivity index (χ0n) is 20.3. The molecule has 4 rings (SSSR count). The van der Waals surface area contributed by atoms with Crippen LogP contribution in [0.15, 0.2) is 28.3 Å². The first-order chi connectivity index (χ1) is 17.2. The van der Waals surface area contributed by atoms with Crippen molar-refractivity contribution in [3.63, 3.8) is 0 Å². The number of fused-ring (bicyclic) bond motifs is 1. The Labute approximate surface area is 225 Å². The lowest BCUT2D eigenvalue weighted by molar-refractivity contribution is 0.191. The van der Waals surface area contributed by atoms with Crippen molar-refractivity contribution >= 4 is 54.8 Å². The van der Waals surface area contributed by atoms with Gasteiger partial charge in [0.1, 0.15) is 17.8 Å². The largest absolute Gasteiger partial charge is 0.609 e. The molecule has 2 aromatic heterocycles. The highest BCUT2D eigenvalue weighted by Crippen LogP contribution is 2.45. The van der Waals surface area contributed by atoms with Gasteiger partial charge in [0.15, 0.2) is 5.65 Å². The summed E-state index contributed by atoms with van der Waals surface area (Å²) in [6.07, 6.45) is 3.80. The quantitative estimate of drug-likeness (QED) is 0.231. The summed E-state index contributed by atoms with van der Waals surface area (Å²) >= 11 is 11.9. The van der Waals surface area contributed by atoms with E-state index in [9.17, 15) is 9.35 Å². The molecule has 36 heavy (non-hydrogen) atoms. The van der Waals surface area contributed by atoms with E-state index in [1.165, 1.54) is 20.5 Å². The number of benzene rings is 1. The van der Waals surface area contributed by atoms with Gasteiger partial charge in [-0.25, -0.2) is 0 Å². The van der Waals surface area contributed by atoms with E-state index in [1.54, 1.807) is 22.9 Å². The second kappa shape index (κ2) is 11.8. The Kier molecular flexibility index (Phi) is 8.99. The van der Waals surface area contributed by atoms with Gasteiger partial charge in [-0.05, 0) is 19.0 Å². The molecular formula is C23H28Cl2N5O4PS. The topological polar surface area (TPSA) is 95.8 Å². The van der Waals surface area contributed by atoms with Crippen LogP contribution >= 0.6 is 32.6 Å². The molecule has 0 bridgehead atoms. The first-order valence-corrected chi connectivity index (χ1v) is 14.1. The summed E-state index contributed by atoms with van der Waals surface area (Å²) in [6.45, 7) is 5.15. The Bertz CT molecular complexity index is 1290. The normalized spacial score (nSPS) is 15.9. The molecule has 0 radical (unpaired) electrons. The minimum atomic E-state index is -1.40. The van der Waals surface area contributed by atoms with Crippen LogP contribution in [0.4, 0.5) is 0 Å². The zero-order valence-corrected chi connectivity index (χ0v) is 23.8. The molecule has 3 heterocycles. The number of hydrogen-bond donors (Lipinski definition) is 0. The number of ether oxygens (including phenoxy) is 2. The fourth-order valence-corrected chi connectivity index (χ4v) is 5.58. The molecule has 0 saturated carbocycles. The highest BCUT2D eigenvalue weighted by Gasteiger charge is 2.24. The molecule has 0 spiro atoms. The van der Waals surface area contributed by atoms with Crippen molar-refractivity contribution in [3.8, 4) is 22.6 Å². The van der Waals surface area contributed by atoms with Crippen LogP contribution in [-0.4, -0.2) is 81.9 Å². The van der Waals surface area contributed by atoms with Gasteiger partial charge < -0.3 is 18.9 Å². The van der Waals surface area contributed by atoms with Gasteiger partial charge in [-0.2, -0.15) is 9.97 Å². The summed E-state index contributed by atoms with van der Waals surface area (Å²) in [7, 11) is 5.70. The molecule has 0 N–H and O–H groups in total. The second-order valence-corrected chi connectivity index (χ2v) is 11.2. The molecule has 1 aliphatic heterocycles. The standard InChI is InChI=1S/C23H28Cl2N5O4PS/c1-33-16-12-17(34-2)20(25)18(19(16)24)15-11-14-13-26-23(36(3)32)27-21(14)30(22(15)31)6-4-5-28-7-9-29(35)10-8-28/h11-13H,4-10,35H2,1-3H3. The summed E-state index contributed by atoms with van der Waals surface area (Å²) in [6, 6.07) is 3.23. The van der Waals surface area contributed by atoms with E-state index in [2.05, 4.69) is 28.9 Å². The summed E-state index contributed by atoms with van der Waals surface area (Å²) in [4.78, 5) is 25.0. The third kappa shape index (κ3) is 5.60. The zero-order chi connectivity index (χ0) is 26.0. The van der Waals surface area contributed by atoms with E-state index in [4.69, 9.17) is 32.7 Å². The minimum absolute atomic E-state index is 0.166. The predicted octanol–water partition coefficient (Wildman–Crippen LogP) is 3.32.